The molecule has 0 fully saturated rings. The van der Waals surface area contributed by atoms with Crippen LogP contribution in [0.2, 0.25) is 5.02 Å². The van der Waals surface area contributed by atoms with E-state index in [0.717, 1.165) is 11.1 Å². The maximum Gasteiger partial charge on any atom is 0.237 e. The fourth-order valence-corrected chi connectivity index (χ4v) is 2.51. The van der Waals surface area contributed by atoms with Crippen molar-refractivity contribution >= 4 is 17.5 Å². The van der Waals surface area contributed by atoms with Gasteiger partial charge in [-0.3, -0.25) is 9.69 Å². The van der Waals surface area contributed by atoms with E-state index < -0.39 is 0 Å². The fourth-order valence-electron chi connectivity index (χ4n) is 2.38. The van der Waals surface area contributed by atoms with Gasteiger partial charge in [-0.1, -0.05) is 35.9 Å². The summed E-state index contributed by atoms with van der Waals surface area (Å²) in [6, 6.07) is 13.3. The molecule has 24 heavy (non-hydrogen) atoms. The fraction of sp³-hybridized carbons (Fsp3) is 0.316. The summed E-state index contributed by atoms with van der Waals surface area (Å²) in [6.45, 7) is 4.40. The van der Waals surface area contributed by atoms with Crippen LogP contribution in [0, 0.1) is 5.82 Å². The third kappa shape index (κ3) is 5.05. The number of carbonyl (C=O) groups is 1. The van der Waals surface area contributed by atoms with Crippen LogP contribution >= 0.6 is 11.6 Å². The third-order valence-electron chi connectivity index (χ3n) is 4.11. The second kappa shape index (κ2) is 8.27. The van der Waals surface area contributed by atoms with Crippen LogP contribution < -0.4 is 5.32 Å². The van der Waals surface area contributed by atoms with E-state index >= 15 is 0 Å². The lowest BCUT2D eigenvalue weighted by Crippen LogP contribution is -2.43. The molecule has 0 radical (unpaired) electrons. The highest BCUT2D eigenvalue weighted by molar-refractivity contribution is 6.30. The molecule has 2 atom stereocenters. The Balaban J connectivity index is 1.92. The van der Waals surface area contributed by atoms with Crippen molar-refractivity contribution in [2.75, 3.05) is 7.05 Å². The summed E-state index contributed by atoms with van der Waals surface area (Å²) >= 11 is 5.89. The summed E-state index contributed by atoms with van der Waals surface area (Å²) in [6.07, 6.45) is 0. The van der Waals surface area contributed by atoms with Gasteiger partial charge in [0.1, 0.15) is 5.82 Å². The van der Waals surface area contributed by atoms with Crippen LogP contribution in [-0.4, -0.2) is 23.9 Å². The number of nitrogens with one attached hydrogen (secondary N) is 1. The van der Waals surface area contributed by atoms with Gasteiger partial charge in [0.2, 0.25) is 5.91 Å². The van der Waals surface area contributed by atoms with Gasteiger partial charge >= 0.3 is 0 Å². The molecule has 0 heterocycles. The number of likely N-dealkylation sites (N-methyl/N-ethyl adjacent to an activating group) is 1. The van der Waals surface area contributed by atoms with Crippen molar-refractivity contribution in [1.29, 1.82) is 0 Å². The molecule has 0 aromatic heterocycles. The number of carbonyl (C=O) groups excluding carboxylic acids is 1. The van der Waals surface area contributed by atoms with Crippen LogP contribution in [0.15, 0.2) is 48.5 Å². The Kier molecular flexibility index (Phi) is 6.35. The Morgan fingerprint density at radius 2 is 1.71 bits per heavy atom. The molecule has 1 N–H and O–H groups in total. The first-order chi connectivity index (χ1) is 11.4. The summed E-state index contributed by atoms with van der Waals surface area (Å²) < 4.78 is 13.0. The molecule has 2 aromatic carbocycles. The van der Waals surface area contributed by atoms with Crippen molar-refractivity contribution in [3.05, 3.63) is 70.5 Å². The summed E-state index contributed by atoms with van der Waals surface area (Å²) in [7, 11) is 1.90. The summed E-state index contributed by atoms with van der Waals surface area (Å²) in [5.41, 5.74) is 1.96. The van der Waals surface area contributed by atoms with Crippen molar-refractivity contribution in [2.24, 2.45) is 0 Å². The molecule has 0 aliphatic heterocycles. The van der Waals surface area contributed by atoms with Gasteiger partial charge < -0.3 is 5.32 Å². The van der Waals surface area contributed by atoms with E-state index in [-0.39, 0.29) is 23.8 Å². The minimum Gasteiger partial charge on any atom is -0.348 e. The number of amides is 1. The van der Waals surface area contributed by atoms with E-state index in [1.54, 1.807) is 12.1 Å². The average molecular weight is 349 g/mol. The standard InChI is InChI=1S/C19H22ClFN2O/c1-13(16-6-10-18(21)11-7-16)22-19(24)14(2)23(3)12-15-4-8-17(20)9-5-15/h4-11,13-14H,12H2,1-3H3,(H,22,24). The molecule has 2 aromatic rings. The third-order valence-corrected chi connectivity index (χ3v) is 4.37. The molecule has 3 nitrogen and oxygen atoms in total. The van der Waals surface area contributed by atoms with Crippen molar-refractivity contribution in [3.8, 4) is 0 Å². The number of halogens is 2. The molecule has 0 saturated heterocycles. The van der Waals surface area contributed by atoms with Crippen LogP contribution in [0.1, 0.15) is 31.0 Å². The zero-order chi connectivity index (χ0) is 17.7. The molecule has 0 bridgehead atoms. The molecule has 5 heteroatoms. The second-order valence-electron chi connectivity index (χ2n) is 6.00. The zero-order valence-corrected chi connectivity index (χ0v) is 14.8. The Hall–Kier alpha value is -1.91. The van der Waals surface area contributed by atoms with Gasteiger partial charge in [0.05, 0.1) is 12.1 Å². The topological polar surface area (TPSA) is 32.3 Å². The predicted octanol–water partition coefficient (Wildman–Crippen LogP) is 4.18. The first-order valence-corrected chi connectivity index (χ1v) is 8.25. The largest absolute Gasteiger partial charge is 0.348 e. The van der Waals surface area contributed by atoms with E-state index in [1.165, 1.54) is 12.1 Å². The lowest BCUT2D eigenvalue weighted by Gasteiger charge is -2.25. The smallest absolute Gasteiger partial charge is 0.237 e. The lowest BCUT2D eigenvalue weighted by molar-refractivity contribution is -0.126. The van der Waals surface area contributed by atoms with Crippen LogP contribution in [0.5, 0.6) is 0 Å². The van der Waals surface area contributed by atoms with E-state index in [4.69, 9.17) is 11.6 Å². The molecule has 2 unspecified atom stereocenters. The van der Waals surface area contributed by atoms with E-state index in [9.17, 15) is 9.18 Å². The first kappa shape index (κ1) is 18.4. The molecule has 128 valence electrons. The first-order valence-electron chi connectivity index (χ1n) is 7.87. The van der Waals surface area contributed by atoms with Crippen LogP contribution in [-0.2, 0) is 11.3 Å². The molecule has 1 amide bonds. The molecule has 0 aliphatic carbocycles. The Bertz CT molecular complexity index is 673. The van der Waals surface area contributed by atoms with Gasteiger partial charge in [0.25, 0.3) is 0 Å². The van der Waals surface area contributed by atoms with Crippen molar-refractivity contribution in [2.45, 2.75) is 32.5 Å². The van der Waals surface area contributed by atoms with Gasteiger partial charge in [-0.15, -0.1) is 0 Å². The van der Waals surface area contributed by atoms with Crippen molar-refractivity contribution in [3.63, 3.8) is 0 Å². The second-order valence-corrected chi connectivity index (χ2v) is 6.44. The highest BCUT2D eigenvalue weighted by Gasteiger charge is 2.20. The minimum absolute atomic E-state index is 0.0664. The maximum absolute atomic E-state index is 13.0. The quantitative estimate of drug-likeness (QED) is 0.849. The Morgan fingerprint density at radius 1 is 1.12 bits per heavy atom. The molecular weight excluding hydrogens is 327 g/mol. The van der Waals surface area contributed by atoms with Gasteiger partial charge in [-0.2, -0.15) is 0 Å². The van der Waals surface area contributed by atoms with Crippen molar-refractivity contribution < 1.29 is 9.18 Å². The monoisotopic (exact) mass is 348 g/mol. The lowest BCUT2D eigenvalue weighted by atomic mass is 10.1. The van der Waals surface area contributed by atoms with Crippen LogP contribution in [0.25, 0.3) is 0 Å². The Labute approximate surface area is 147 Å². The predicted molar refractivity (Wildman–Crippen MR) is 95.3 cm³/mol. The van der Waals surface area contributed by atoms with Gasteiger partial charge in [-0.05, 0) is 56.3 Å². The number of hydrogen-bond acceptors (Lipinski definition) is 2. The molecule has 2 rings (SSSR count). The summed E-state index contributed by atoms with van der Waals surface area (Å²) in [5.74, 6) is -0.350. The molecular formula is C19H22ClFN2O. The highest BCUT2D eigenvalue weighted by atomic mass is 35.5. The van der Waals surface area contributed by atoms with Crippen molar-refractivity contribution in [1.82, 2.24) is 10.2 Å². The Morgan fingerprint density at radius 3 is 2.29 bits per heavy atom. The number of rotatable bonds is 6. The zero-order valence-electron chi connectivity index (χ0n) is 14.1. The van der Waals surface area contributed by atoms with E-state index in [0.29, 0.717) is 11.6 Å². The SMILES string of the molecule is CC(NC(=O)C(C)N(C)Cc1ccc(Cl)cc1)c1ccc(F)cc1. The van der Waals surface area contributed by atoms with Crippen LogP contribution in [0.3, 0.4) is 0 Å². The average Bonchev–Trinajstić information content (AvgIpc) is 2.56. The van der Waals surface area contributed by atoms with E-state index in [1.807, 2.05) is 50.1 Å². The minimum atomic E-state index is -0.288. The molecule has 0 saturated carbocycles. The molecule has 0 aliphatic rings. The number of benzene rings is 2. The summed E-state index contributed by atoms with van der Waals surface area (Å²) in [5, 5.41) is 3.66. The molecule has 0 spiro atoms. The summed E-state index contributed by atoms with van der Waals surface area (Å²) in [4.78, 5) is 14.4. The van der Waals surface area contributed by atoms with E-state index in [2.05, 4.69) is 5.32 Å². The normalized spacial score (nSPS) is 13.6. The van der Waals surface area contributed by atoms with Crippen LogP contribution in [0.4, 0.5) is 4.39 Å². The number of hydrogen-bond donors (Lipinski definition) is 1. The van der Waals surface area contributed by atoms with Gasteiger partial charge in [-0.25, -0.2) is 4.39 Å². The highest BCUT2D eigenvalue weighted by Crippen LogP contribution is 2.15. The van der Waals surface area contributed by atoms with Gasteiger partial charge in [0, 0.05) is 11.6 Å². The number of nitrogens with zero attached hydrogens (tertiary/aromatic N) is 1. The van der Waals surface area contributed by atoms with Gasteiger partial charge in [0.15, 0.2) is 0 Å². The maximum atomic E-state index is 13.0.